The van der Waals surface area contributed by atoms with E-state index in [1.54, 1.807) is 0 Å². The van der Waals surface area contributed by atoms with E-state index in [0.29, 0.717) is 26.2 Å². The number of aliphatic carboxylic acids is 3. The van der Waals surface area contributed by atoms with Crippen molar-refractivity contribution in [3.8, 4) is 0 Å². The van der Waals surface area contributed by atoms with E-state index in [-0.39, 0.29) is 38.5 Å². The van der Waals surface area contributed by atoms with Crippen molar-refractivity contribution in [2.45, 2.75) is 13.8 Å². The molecule has 10 nitrogen and oxygen atoms in total. The summed E-state index contributed by atoms with van der Waals surface area (Å²) in [6.07, 6.45) is 0. The van der Waals surface area contributed by atoms with E-state index in [2.05, 4.69) is 0 Å². The molecule has 0 heterocycles. The predicted molar refractivity (Wildman–Crippen MR) is 88.6 cm³/mol. The lowest BCUT2D eigenvalue weighted by Gasteiger charge is -2.27. The Morgan fingerprint density at radius 1 is 0.640 bits per heavy atom. The monoisotopic (exact) mass is 361 g/mol. The number of nitrogens with zero attached hydrogens (tertiary/aromatic N) is 3. The van der Waals surface area contributed by atoms with Crippen LogP contribution in [0.25, 0.3) is 0 Å². The predicted octanol–water partition coefficient (Wildman–Crippen LogP) is -1.24. The van der Waals surface area contributed by atoms with Gasteiger partial charge < -0.3 is 20.2 Å². The van der Waals surface area contributed by atoms with Crippen molar-refractivity contribution < 1.29 is 34.5 Å². The van der Waals surface area contributed by atoms with Gasteiger partial charge in [-0.2, -0.15) is 0 Å². The Balaban J connectivity index is 4.53. The van der Waals surface area contributed by atoms with Gasteiger partial charge in [0.2, 0.25) is 0 Å². The molecule has 0 saturated heterocycles. The standard InChI is InChI=1S/C15H27N3O7/c1-3-16(4-6-17(8-12(2)19)9-13(20)21)5-7-18(10-14(22)23)11-15(24)25/h3-11H2,1-2H3,(H,20,21)(H,22,23)(H,24,25). The highest BCUT2D eigenvalue weighted by molar-refractivity contribution is 5.78. The van der Waals surface area contributed by atoms with Gasteiger partial charge in [0.25, 0.3) is 0 Å². The average Bonchev–Trinajstić information content (AvgIpc) is 2.44. The van der Waals surface area contributed by atoms with Crippen LogP contribution in [0, 0.1) is 0 Å². The summed E-state index contributed by atoms with van der Waals surface area (Å²) in [5, 5.41) is 26.5. The summed E-state index contributed by atoms with van der Waals surface area (Å²) in [4.78, 5) is 48.4. The van der Waals surface area contributed by atoms with Crippen molar-refractivity contribution in [1.29, 1.82) is 0 Å². The van der Waals surface area contributed by atoms with Gasteiger partial charge in [0.1, 0.15) is 5.78 Å². The van der Waals surface area contributed by atoms with Crippen molar-refractivity contribution in [1.82, 2.24) is 14.7 Å². The second-order valence-corrected chi connectivity index (χ2v) is 5.74. The fourth-order valence-electron chi connectivity index (χ4n) is 2.31. The lowest BCUT2D eigenvalue weighted by atomic mass is 10.3. The Bertz CT molecular complexity index is 398. The maximum Gasteiger partial charge on any atom is 0.317 e. The van der Waals surface area contributed by atoms with Crippen LogP contribution in [0.3, 0.4) is 0 Å². The highest BCUT2D eigenvalue weighted by Gasteiger charge is 2.16. The van der Waals surface area contributed by atoms with E-state index >= 15 is 0 Å². The van der Waals surface area contributed by atoms with Gasteiger partial charge in [-0.1, -0.05) is 6.92 Å². The molecule has 3 N–H and O–H groups in total. The van der Waals surface area contributed by atoms with Crippen LogP contribution in [-0.2, 0) is 19.2 Å². The van der Waals surface area contributed by atoms with Crippen molar-refractivity contribution in [2.75, 3.05) is 58.9 Å². The van der Waals surface area contributed by atoms with Gasteiger partial charge in [-0.15, -0.1) is 0 Å². The summed E-state index contributed by atoms with van der Waals surface area (Å²) < 4.78 is 0. The molecule has 0 bridgehead atoms. The first-order valence-corrected chi connectivity index (χ1v) is 7.95. The third-order valence-electron chi connectivity index (χ3n) is 3.43. The van der Waals surface area contributed by atoms with Crippen LogP contribution in [0.15, 0.2) is 0 Å². The molecule has 0 atom stereocenters. The number of likely N-dealkylation sites (N-methyl/N-ethyl adjacent to an activating group) is 1. The van der Waals surface area contributed by atoms with Crippen molar-refractivity contribution in [2.24, 2.45) is 0 Å². The second-order valence-electron chi connectivity index (χ2n) is 5.74. The average molecular weight is 361 g/mol. The Morgan fingerprint density at radius 3 is 1.24 bits per heavy atom. The normalized spacial score (nSPS) is 11.2. The van der Waals surface area contributed by atoms with E-state index in [9.17, 15) is 19.2 Å². The first kappa shape index (κ1) is 23.0. The zero-order valence-electron chi connectivity index (χ0n) is 14.7. The molecule has 10 heteroatoms. The molecule has 0 aromatic heterocycles. The molecule has 0 aliphatic rings. The van der Waals surface area contributed by atoms with Crippen LogP contribution in [0.4, 0.5) is 0 Å². The minimum absolute atomic E-state index is 0.0496. The van der Waals surface area contributed by atoms with Crippen LogP contribution < -0.4 is 0 Å². The topological polar surface area (TPSA) is 139 Å². The van der Waals surface area contributed by atoms with E-state index in [1.807, 2.05) is 11.8 Å². The molecular formula is C15H27N3O7. The third-order valence-corrected chi connectivity index (χ3v) is 3.43. The fraction of sp³-hybridized carbons (Fsp3) is 0.733. The maximum absolute atomic E-state index is 11.2. The first-order chi connectivity index (χ1) is 11.6. The van der Waals surface area contributed by atoms with Gasteiger partial charge in [-0.25, -0.2) is 0 Å². The van der Waals surface area contributed by atoms with Gasteiger partial charge in [0, 0.05) is 26.2 Å². The molecule has 144 valence electrons. The Kier molecular flexibility index (Phi) is 11.3. The molecule has 0 aromatic rings. The molecule has 0 spiro atoms. The van der Waals surface area contributed by atoms with Gasteiger partial charge in [0.05, 0.1) is 26.2 Å². The van der Waals surface area contributed by atoms with Crippen LogP contribution in [0.1, 0.15) is 13.8 Å². The summed E-state index contributed by atoms with van der Waals surface area (Å²) in [6, 6.07) is 0. The van der Waals surface area contributed by atoms with E-state index in [1.165, 1.54) is 16.7 Å². The Hall–Kier alpha value is -2.04. The summed E-state index contributed by atoms with van der Waals surface area (Å²) >= 11 is 0. The minimum Gasteiger partial charge on any atom is -0.480 e. The zero-order valence-corrected chi connectivity index (χ0v) is 14.7. The van der Waals surface area contributed by atoms with Gasteiger partial charge in [-0.3, -0.25) is 29.0 Å². The number of carboxylic acids is 3. The molecular weight excluding hydrogens is 334 g/mol. The molecule has 0 fully saturated rings. The second kappa shape index (κ2) is 12.3. The third kappa shape index (κ3) is 13.0. The number of carbonyl (C=O) groups excluding carboxylic acids is 1. The Morgan fingerprint density at radius 2 is 0.960 bits per heavy atom. The van der Waals surface area contributed by atoms with Crippen LogP contribution in [0.2, 0.25) is 0 Å². The molecule has 0 saturated carbocycles. The minimum atomic E-state index is -1.10. The molecule has 0 aliphatic heterocycles. The lowest BCUT2D eigenvalue weighted by molar-refractivity contribution is -0.142. The molecule has 0 radical (unpaired) electrons. The molecule has 0 amide bonds. The van der Waals surface area contributed by atoms with Crippen LogP contribution in [-0.4, -0.2) is 113 Å². The quantitative estimate of drug-likeness (QED) is 0.324. The smallest absolute Gasteiger partial charge is 0.317 e. The van der Waals surface area contributed by atoms with Gasteiger partial charge in [-0.05, 0) is 13.5 Å². The first-order valence-electron chi connectivity index (χ1n) is 7.95. The van der Waals surface area contributed by atoms with Crippen molar-refractivity contribution in [3.05, 3.63) is 0 Å². The molecule has 0 unspecified atom stereocenters. The van der Waals surface area contributed by atoms with Crippen molar-refractivity contribution in [3.63, 3.8) is 0 Å². The molecule has 0 aromatic carbocycles. The number of carbonyl (C=O) groups is 4. The summed E-state index contributed by atoms with van der Waals surface area (Å²) in [5.74, 6) is -3.34. The van der Waals surface area contributed by atoms with Gasteiger partial charge >= 0.3 is 17.9 Å². The maximum atomic E-state index is 11.2. The van der Waals surface area contributed by atoms with E-state index in [0.717, 1.165) is 0 Å². The summed E-state index contributed by atoms with van der Waals surface area (Å²) in [6.45, 7) is 4.58. The number of Topliss-reactive ketones (excluding diaryl/α,β-unsaturated/α-hetero) is 1. The molecule has 25 heavy (non-hydrogen) atoms. The van der Waals surface area contributed by atoms with Crippen molar-refractivity contribution >= 4 is 23.7 Å². The number of ketones is 1. The van der Waals surface area contributed by atoms with Crippen LogP contribution in [0.5, 0.6) is 0 Å². The van der Waals surface area contributed by atoms with E-state index in [4.69, 9.17) is 15.3 Å². The van der Waals surface area contributed by atoms with Crippen LogP contribution >= 0.6 is 0 Å². The Labute approximate surface area is 146 Å². The SMILES string of the molecule is CCN(CCN(CC(C)=O)CC(=O)O)CCN(CC(=O)O)CC(=O)O. The molecule has 0 rings (SSSR count). The number of hydrogen-bond donors (Lipinski definition) is 3. The lowest BCUT2D eigenvalue weighted by Crippen LogP contribution is -2.43. The zero-order chi connectivity index (χ0) is 19.4. The number of carboxylic acid groups (broad SMARTS) is 3. The molecule has 0 aliphatic carbocycles. The number of hydrogen-bond acceptors (Lipinski definition) is 7. The van der Waals surface area contributed by atoms with Gasteiger partial charge in [0.15, 0.2) is 0 Å². The number of rotatable bonds is 15. The largest absolute Gasteiger partial charge is 0.480 e. The highest BCUT2D eigenvalue weighted by Crippen LogP contribution is 1.96. The summed E-state index contributed by atoms with van der Waals surface area (Å²) in [7, 11) is 0. The van der Waals surface area contributed by atoms with E-state index < -0.39 is 17.9 Å². The summed E-state index contributed by atoms with van der Waals surface area (Å²) in [5.41, 5.74) is 0. The fourth-order valence-corrected chi connectivity index (χ4v) is 2.31. The highest BCUT2D eigenvalue weighted by atomic mass is 16.4.